The average molecular weight is 113 g/mol. The van der Waals surface area contributed by atoms with Crippen LogP contribution in [0.3, 0.4) is 0 Å². The van der Waals surface area contributed by atoms with Crippen LogP contribution in [0.2, 0.25) is 0 Å². The molecule has 0 aliphatic heterocycles. The molecule has 0 saturated carbocycles. The third-order valence-electron chi connectivity index (χ3n) is 0.547. The average Bonchev–Trinajstić information content (AvgIpc) is 1.81. The lowest BCUT2D eigenvalue weighted by Gasteiger charge is -1.83. The summed E-state index contributed by atoms with van der Waals surface area (Å²) in [6, 6.07) is 0. The van der Waals surface area contributed by atoms with Gasteiger partial charge in [0, 0.05) is 6.21 Å². The highest BCUT2D eigenvalue weighted by molar-refractivity contribution is 5.70. The highest BCUT2D eigenvalue weighted by Gasteiger charge is 1.64. The molecule has 0 fully saturated rings. The minimum absolute atomic E-state index is 0.636. The molecule has 0 rings (SSSR count). The predicted molar refractivity (Wildman–Crippen MR) is 36.6 cm³/mol. The maximum atomic E-state index is 3.85. The van der Waals surface area contributed by atoms with Crippen molar-refractivity contribution in [3.05, 3.63) is 0 Å². The lowest BCUT2D eigenvalue weighted by atomic mass is 10.9. The first-order chi connectivity index (χ1) is 3.91. The van der Waals surface area contributed by atoms with Crippen molar-refractivity contribution in [1.82, 2.24) is 5.32 Å². The van der Waals surface area contributed by atoms with Crippen LogP contribution in [0.15, 0.2) is 9.98 Å². The Balaban J connectivity index is 3.07. The second-order valence-electron chi connectivity index (χ2n) is 1.22. The molecule has 3 heteroatoms. The van der Waals surface area contributed by atoms with E-state index in [-0.39, 0.29) is 0 Å². The largest absolute Gasteiger partial charge is 0.301 e. The van der Waals surface area contributed by atoms with Crippen molar-refractivity contribution in [3.8, 4) is 0 Å². The van der Waals surface area contributed by atoms with E-state index < -0.39 is 0 Å². The van der Waals surface area contributed by atoms with Crippen LogP contribution >= 0.6 is 0 Å². The summed E-state index contributed by atoms with van der Waals surface area (Å²) in [5, 5.41) is 2.85. The Morgan fingerprint density at radius 2 is 2.38 bits per heavy atom. The van der Waals surface area contributed by atoms with E-state index in [9.17, 15) is 0 Å². The van der Waals surface area contributed by atoms with Crippen molar-refractivity contribution in [3.63, 3.8) is 0 Å². The Bertz CT molecular complexity index is 85.7. The van der Waals surface area contributed by atoms with Crippen LogP contribution in [-0.2, 0) is 0 Å². The van der Waals surface area contributed by atoms with Gasteiger partial charge >= 0.3 is 0 Å². The first kappa shape index (κ1) is 7.30. The third-order valence-corrected chi connectivity index (χ3v) is 0.547. The molecule has 0 heterocycles. The van der Waals surface area contributed by atoms with Crippen molar-refractivity contribution < 1.29 is 0 Å². The van der Waals surface area contributed by atoms with Crippen LogP contribution in [0.1, 0.15) is 6.92 Å². The lowest BCUT2D eigenvalue weighted by molar-refractivity contribution is 0.837. The van der Waals surface area contributed by atoms with Gasteiger partial charge in [-0.1, -0.05) is 0 Å². The zero-order valence-corrected chi connectivity index (χ0v) is 5.26. The van der Waals surface area contributed by atoms with Gasteiger partial charge in [0.15, 0.2) is 0 Å². The Hall–Kier alpha value is -0.700. The molecular formula is C5H11N3. The summed E-state index contributed by atoms with van der Waals surface area (Å²) in [5.74, 6) is 0. The summed E-state index contributed by atoms with van der Waals surface area (Å²) in [4.78, 5) is 7.60. The Morgan fingerprint density at radius 1 is 1.62 bits per heavy atom. The standard InChI is InChI=1S/C5H11N3/c1-3-7-5-8-4-6-2/h3,5-6H,4H2,1-2H3. The Kier molecular flexibility index (Phi) is 5.75. The molecule has 0 aromatic heterocycles. The van der Waals surface area contributed by atoms with Gasteiger partial charge in [-0.15, -0.1) is 0 Å². The van der Waals surface area contributed by atoms with Gasteiger partial charge in [-0.05, 0) is 14.0 Å². The van der Waals surface area contributed by atoms with Crippen LogP contribution < -0.4 is 5.32 Å². The second kappa shape index (κ2) is 6.30. The number of aliphatic imine (C=N–C) groups is 2. The maximum absolute atomic E-state index is 3.85. The summed E-state index contributed by atoms with van der Waals surface area (Å²) in [6.45, 7) is 2.49. The molecule has 0 aromatic rings. The van der Waals surface area contributed by atoms with E-state index in [0.717, 1.165) is 0 Å². The molecule has 8 heavy (non-hydrogen) atoms. The van der Waals surface area contributed by atoms with Crippen LogP contribution in [0.4, 0.5) is 0 Å². The van der Waals surface area contributed by atoms with E-state index in [0.29, 0.717) is 6.67 Å². The predicted octanol–water partition coefficient (Wildman–Crippen LogP) is 0.282. The van der Waals surface area contributed by atoms with Crippen molar-refractivity contribution in [2.45, 2.75) is 6.92 Å². The van der Waals surface area contributed by atoms with E-state index in [1.165, 1.54) is 6.34 Å². The van der Waals surface area contributed by atoms with E-state index in [1.54, 1.807) is 6.21 Å². The van der Waals surface area contributed by atoms with Crippen LogP contribution in [-0.4, -0.2) is 26.3 Å². The van der Waals surface area contributed by atoms with Gasteiger partial charge in [-0.25, -0.2) is 4.99 Å². The minimum Gasteiger partial charge on any atom is -0.301 e. The molecule has 0 saturated heterocycles. The highest BCUT2D eigenvalue weighted by atomic mass is 15.0. The Labute approximate surface area is 49.5 Å². The van der Waals surface area contributed by atoms with Crippen molar-refractivity contribution in [1.29, 1.82) is 0 Å². The molecule has 0 radical (unpaired) electrons. The van der Waals surface area contributed by atoms with Gasteiger partial charge in [0.1, 0.15) is 6.34 Å². The third kappa shape index (κ3) is 5.30. The molecule has 0 aliphatic rings. The fourth-order valence-corrected chi connectivity index (χ4v) is 0.246. The first-order valence-electron chi connectivity index (χ1n) is 2.52. The fraction of sp³-hybridized carbons (Fsp3) is 0.600. The second-order valence-corrected chi connectivity index (χ2v) is 1.22. The van der Waals surface area contributed by atoms with Gasteiger partial charge in [0.25, 0.3) is 0 Å². The molecule has 0 spiro atoms. The quantitative estimate of drug-likeness (QED) is 0.414. The first-order valence-corrected chi connectivity index (χ1v) is 2.52. The SMILES string of the molecule is CC=NC=NCNC. The fourth-order valence-electron chi connectivity index (χ4n) is 0.246. The van der Waals surface area contributed by atoms with Gasteiger partial charge in [-0.2, -0.15) is 0 Å². The van der Waals surface area contributed by atoms with E-state index in [2.05, 4.69) is 15.3 Å². The molecule has 0 aliphatic carbocycles. The monoisotopic (exact) mass is 113 g/mol. The molecule has 0 bridgehead atoms. The van der Waals surface area contributed by atoms with Gasteiger partial charge in [0.2, 0.25) is 0 Å². The van der Waals surface area contributed by atoms with Crippen LogP contribution in [0.25, 0.3) is 0 Å². The summed E-state index contributed by atoms with van der Waals surface area (Å²) in [7, 11) is 1.84. The zero-order valence-electron chi connectivity index (χ0n) is 5.26. The van der Waals surface area contributed by atoms with E-state index in [4.69, 9.17) is 0 Å². The number of hydrogen-bond donors (Lipinski definition) is 1. The molecule has 0 amide bonds. The zero-order chi connectivity index (χ0) is 6.24. The van der Waals surface area contributed by atoms with Crippen molar-refractivity contribution >= 4 is 12.6 Å². The molecule has 0 atom stereocenters. The van der Waals surface area contributed by atoms with Crippen molar-refractivity contribution in [2.75, 3.05) is 13.7 Å². The number of nitrogens with zero attached hydrogens (tertiary/aromatic N) is 2. The summed E-state index contributed by atoms with van der Waals surface area (Å²) in [6.07, 6.45) is 3.22. The number of hydrogen-bond acceptors (Lipinski definition) is 2. The topological polar surface area (TPSA) is 36.8 Å². The van der Waals surface area contributed by atoms with Gasteiger partial charge < -0.3 is 5.32 Å². The molecule has 1 N–H and O–H groups in total. The molecule has 3 nitrogen and oxygen atoms in total. The lowest BCUT2D eigenvalue weighted by Crippen LogP contribution is -2.04. The van der Waals surface area contributed by atoms with Crippen molar-refractivity contribution in [2.24, 2.45) is 9.98 Å². The summed E-state index contributed by atoms with van der Waals surface area (Å²) in [5.41, 5.74) is 0. The molecule has 0 unspecified atom stereocenters. The van der Waals surface area contributed by atoms with E-state index >= 15 is 0 Å². The number of rotatable bonds is 3. The molecule has 46 valence electrons. The summed E-state index contributed by atoms with van der Waals surface area (Å²) < 4.78 is 0. The number of nitrogens with one attached hydrogen (secondary N) is 1. The molecule has 0 aromatic carbocycles. The smallest absolute Gasteiger partial charge is 0.111 e. The van der Waals surface area contributed by atoms with E-state index in [1.807, 2.05) is 14.0 Å². The molecular weight excluding hydrogens is 102 g/mol. The van der Waals surface area contributed by atoms with Crippen LogP contribution in [0.5, 0.6) is 0 Å². The van der Waals surface area contributed by atoms with Gasteiger partial charge in [0.05, 0.1) is 6.67 Å². The maximum Gasteiger partial charge on any atom is 0.111 e. The Morgan fingerprint density at radius 3 is 2.88 bits per heavy atom. The normalized spacial score (nSPS) is 11.8. The highest BCUT2D eigenvalue weighted by Crippen LogP contribution is 1.59. The van der Waals surface area contributed by atoms with Crippen LogP contribution in [0, 0.1) is 0 Å². The van der Waals surface area contributed by atoms with Gasteiger partial charge in [-0.3, -0.25) is 4.99 Å². The summed E-state index contributed by atoms with van der Waals surface area (Å²) >= 11 is 0. The minimum atomic E-state index is 0.636.